The first-order valence-electron chi connectivity index (χ1n) is 8.59. The van der Waals surface area contributed by atoms with Gasteiger partial charge < -0.3 is 18.9 Å². The molecule has 0 saturated heterocycles. The van der Waals surface area contributed by atoms with Crippen molar-refractivity contribution in [3.05, 3.63) is 70.8 Å². The molecule has 2 aromatic carbocycles. The number of methoxy groups -OCH3 is 1. The predicted molar refractivity (Wildman–Crippen MR) is 99.7 cm³/mol. The van der Waals surface area contributed by atoms with Gasteiger partial charge in [-0.2, -0.15) is 0 Å². The summed E-state index contributed by atoms with van der Waals surface area (Å²) in [5.74, 6) is -0.909. The van der Waals surface area contributed by atoms with Gasteiger partial charge in [-0.3, -0.25) is 0 Å². The lowest BCUT2D eigenvalue weighted by Gasteiger charge is -2.18. The fraction of sp³-hybridized carbons (Fsp3) is 0.333. The molecular formula is C21H24O6. The van der Waals surface area contributed by atoms with E-state index in [4.69, 9.17) is 18.9 Å². The van der Waals surface area contributed by atoms with Crippen LogP contribution in [0.4, 0.5) is 0 Å². The molecule has 0 N–H and O–H groups in total. The maximum atomic E-state index is 12.2. The summed E-state index contributed by atoms with van der Waals surface area (Å²) >= 11 is 0. The van der Waals surface area contributed by atoms with E-state index in [0.29, 0.717) is 11.1 Å². The van der Waals surface area contributed by atoms with E-state index in [2.05, 4.69) is 0 Å². The normalized spacial score (nSPS) is 10.7. The molecule has 0 saturated carbocycles. The van der Waals surface area contributed by atoms with Crippen LogP contribution in [0, 0.1) is 13.8 Å². The lowest BCUT2D eigenvalue weighted by Crippen LogP contribution is -2.29. The minimum Gasteiger partial charge on any atom is -0.459 e. The van der Waals surface area contributed by atoms with Crippen LogP contribution in [-0.4, -0.2) is 45.2 Å². The molecule has 0 spiro atoms. The number of hydrogen-bond acceptors (Lipinski definition) is 6. The second-order valence-corrected chi connectivity index (χ2v) is 6.02. The quantitative estimate of drug-likeness (QED) is 0.497. The standard InChI is InChI=1S/C21H24O6/c1-15-8-4-6-10-18(15)20(22)25-12-17(27-14-24-3)13-26-21(23)19-11-7-5-9-16(19)2/h4-11,17H,12-14H2,1-3H3. The Morgan fingerprint density at radius 1 is 0.815 bits per heavy atom. The molecule has 144 valence electrons. The van der Waals surface area contributed by atoms with Crippen LogP contribution in [0.5, 0.6) is 0 Å². The minimum absolute atomic E-state index is 0.00546. The molecular weight excluding hydrogens is 348 g/mol. The van der Waals surface area contributed by atoms with Gasteiger partial charge in [0.15, 0.2) is 0 Å². The average Bonchev–Trinajstić information content (AvgIpc) is 2.67. The van der Waals surface area contributed by atoms with Crippen LogP contribution in [0.2, 0.25) is 0 Å². The SMILES string of the molecule is COCOC(COC(=O)c1ccccc1C)COC(=O)c1ccccc1C. The summed E-state index contributed by atoms with van der Waals surface area (Å²) in [4.78, 5) is 24.5. The highest BCUT2D eigenvalue weighted by atomic mass is 16.7. The van der Waals surface area contributed by atoms with Crippen molar-refractivity contribution < 1.29 is 28.5 Å². The zero-order valence-corrected chi connectivity index (χ0v) is 15.8. The van der Waals surface area contributed by atoms with Crippen LogP contribution < -0.4 is 0 Å². The number of ether oxygens (including phenoxy) is 4. The molecule has 6 nitrogen and oxygen atoms in total. The maximum absolute atomic E-state index is 12.2. The lowest BCUT2D eigenvalue weighted by molar-refractivity contribution is -0.106. The van der Waals surface area contributed by atoms with Gasteiger partial charge in [-0.15, -0.1) is 0 Å². The van der Waals surface area contributed by atoms with Crippen LogP contribution in [0.15, 0.2) is 48.5 Å². The van der Waals surface area contributed by atoms with Gasteiger partial charge in [0, 0.05) is 7.11 Å². The Balaban J connectivity index is 1.92. The van der Waals surface area contributed by atoms with Crippen molar-refractivity contribution in [1.29, 1.82) is 0 Å². The fourth-order valence-electron chi connectivity index (χ4n) is 2.41. The minimum atomic E-state index is -0.633. The van der Waals surface area contributed by atoms with Crippen LogP contribution in [-0.2, 0) is 18.9 Å². The smallest absolute Gasteiger partial charge is 0.338 e. The first kappa shape index (κ1) is 20.6. The van der Waals surface area contributed by atoms with Crippen molar-refractivity contribution in [3.8, 4) is 0 Å². The summed E-state index contributed by atoms with van der Waals surface area (Å²) in [7, 11) is 1.48. The summed E-state index contributed by atoms with van der Waals surface area (Å²) in [5.41, 5.74) is 2.62. The van der Waals surface area contributed by atoms with Crippen LogP contribution in [0.3, 0.4) is 0 Å². The summed E-state index contributed by atoms with van der Waals surface area (Å²) in [6, 6.07) is 14.3. The molecule has 0 amide bonds. The number of rotatable bonds is 9. The fourth-order valence-corrected chi connectivity index (χ4v) is 2.41. The summed E-state index contributed by atoms with van der Waals surface area (Å²) in [6.45, 7) is 3.54. The first-order chi connectivity index (χ1) is 13.0. The molecule has 0 radical (unpaired) electrons. The molecule has 0 aliphatic rings. The second-order valence-electron chi connectivity index (χ2n) is 6.02. The van der Waals surface area contributed by atoms with Crippen molar-refractivity contribution in [2.24, 2.45) is 0 Å². The molecule has 0 aliphatic carbocycles. The summed E-state index contributed by atoms with van der Waals surface area (Å²) in [5, 5.41) is 0. The molecule has 2 rings (SSSR count). The highest BCUT2D eigenvalue weighted by Crippen LogP contribution is 2.11. The Hall–Kier alpha value is -2.70. The van der Waals surface area contributed by atoms with E-state index in [9.17, 15) is 9.59 Å². The van der Waals surface area contributed by atoms with Gasteiger partial charge in [-0.05, 0) is 37.1 Å². The van der Waals surface area contributed by atoms with Gasteiger partial charge in [0.25, 0.3) is 0 Å². The third-order valence-corrected chi connectivity index (χ3v) is 3.95. The third kappa shape index (κ3) is 6.20. The van der Waals surface area contributed by atoms with Gasteiger partial charge in [0.1, 0.15) is 26.1 Å². The van der Waals surface area contributed by atoms with E-state index in [1.165, 1.54) is 7.11 Å². The Bertz CT molecular complexity index is 709. The molecule has 0 fully saturated rings. The van der Waals surface area contributed by atoms with Gasteiger partial charge in [-0.25, -0.2) is 9.59 Å². The Labute approximate surface area is 159 Å². The van der Waals surface area contributed by atoms with E-state index >= 15 is 0 Å². The van der Waals surface area contributed by atoms with E-state index in [0.717, 1.165) is 11.1 Å². The average molecular weight is 372 g/mol. The van der Waals surface area contributed by atoms with E-state index in [-0.39, 0.29) is 20.0 Å². The summed E-state index contributed by atoms with van der Waals surface area (Å²) < 4.78 is 21.0. The van der Waals surface area contributed by atoms with Crippen LogP contribution >= 0.6 is 0 Å². The number of hydrogen-bond donors (Lipinski definition) is 0. The number of esters is 2. The number of carbonyl (C=O) groups is 2. The van der Waals surface area contributed by atoms with Crippen molar-refractivity contribution in [3.63, 3.8) is 0 Å². The monoisotopic (exact) mass is 372 g/mol. The number of carbonyl (C=O) groups excluding carboxylic acids is 2. The Morgan fingerprint density at radius 2 is 1.26 bits per heavy atom. The largest absolute Gasteiger partial charge is 0.459 e. The lowest BCUT2D eigenvalue weighted by atomic mass is 10.1. The van der Waals surface area contributed by atoms with Gasteiger partial charge in [-0.1, -0.05) is 36.4 Å². The molecule has 27 heavy (non-hydrogen) atoms. The molecule has 0 atom stereocenters. The van der Waals surface area contributed by atoms with Crippen molar-refractivity contribution in [2.75, 3.05) is 27.1 Å². The van der Waals surface area contributed by atoms with Gasteiger partial charge in [0.05, 0.1) is 11.1 Å². The van der Waals surface area contributed by atoms with E-state index < -0.39 is 18.0 Å². The number of aryl methyl sites for hydroxylation is 2. The molecule has 0 unspecified atom stereocenters. The van der Waals surface area contributed by atoms with Crippen LogP contribution in [0.25, 0.3) is 0 Å². The zero-order chi connectivity index (χ0) is 19.6. The van der Waals surface area contributed by atoms with Crippen molar-refractivity contribution >= 4 is 11.9 Å². The van der Waals surface area contributed by atoms with Crippen molar-refractivity contribution in [2.45, 2.75) is 20.0 Å². The molecule has 0 heterocycles. The Kier molecular flexibility index (Phi) is 7.98. The van der Waals surface area contributed by atoms with Gasteiger partial charge >= 0.3 is 11.9 Å². The Morgan fingerprint density at radius 3 is 1.67 bits per heavy atom. The molecule has 2 aromatic rings. The first-order valence-corrected chi connectivity index (χ1v) is 8.59. The second kappa shape index (κ2) is 10.4. The maximum Gasteiger partial charge on any atom is 0.338 e. The highest BCUT2D eigenvalue weighted by molar-refractivity contribution is 5.91. The van der Waals surface area contributed by atoms with Gasteiger partial charge in [0.2, 0.25) is 0 Å². The van der Waals surface area contributed by atoms with Crippen LogP contribution in [0.1, 0.15) is 31.8 Å². The third-order valence-electron chi connectivity index (χ3n) is 3.95. The molecule has 6 heteroatoms. The number of benzene rings is 2. The predicted octanol–water partition coefficient (Wildman–Crippen LogP) is 3.31. The van der Waals surface area contributed by atoms with E-state index in [1.54, 1.807) is 24.3 Å². The molecule has 0 aromatic heterocycles. The molecule has 0 aliphatic heterocycles. The van der Waals surface area contributed by atoms with E-state index in [1.807, 2.05) is 38.1 Å². The molecule has 0 bridgehead atoms. The summed E-state index contributed by atoms with van der Waals surface area (Å²) in [6.07, 6.45) is -0.633. The topological polar surface area (TPSA) is 71.1 Å². The highest BCUT2D eigenvalue weighted by Gasteiger charge is 2.18. The zero-order valence-electron chi connectivity index (χ0n) is 15.8. The van der Waals surface area contributed by atoms with Crippen molar-refractivity contribution in [1.82, 2.24) is 0 Å².